The fourth-order valence-electron chi connectivity index (χ4n) is 4.70. The number of benzene rings is 1. The minimum Gasteiger partial charge on any atom is -0.435 e. The number of ether oxygens (including phenoxy) is 1. The van der Waals surface area contributed by atoms with Crippen LogP contribution in [0.1, 0.15) is 32.1 Å². The second-order valence-corrected chi connectivity index (χ2v) is 11.4. The Bertz CT molecular complexity index is 1460. The van der Waals surface area contributed by atoms with Crippen LogP contribution in [0.2, 0.25) is 0 Å². The fraction of sp³-hybridized carbons (Fsp3) is 0.400. The highest BCUT2D eigenvalue weighted by atomic mass is 32.2. The van der Waals surface area contributed by atoms with Crippen molar-refractivity contribution in [1.82, 2.24) is 20.3 Å². The molecule has 1 aliphatic heterocycles. The zero-order chi connectivity index (χ0) is 27.6. The Morgan fingerprint density at radius 1 is 1.03 bits per heavy atom. The summed E-state index contributed by atoms with van der Waals surface area (Å²) in [5, 5.41) is 5.23. The van der Waals surface area contributed by atoms with Gasteiger partial charge in [-0.15, -0.1) is 0 Å². The topological polar surface area (TPSA) is 118 Å². The van der Waals surface area contributed by atoms with Gasteiger partial charge in [-0.25, -0.2) is 36.5 Å². The van der Waals surface area contributed by atoms with Crippen molar-refractivity contribution in [3.8, 4) is 22.9 Å². The summed E-state index contributed by atoms with van der Waals surface area (Å²) in [5.41, 5.74) is -0.537. The maximum atomic E-state index is 15.0. The summed E-state index contributed by atoms with van der Waals surface area (Å²) < 4.78 is 90.8. The predicted molar refractivity (Wildman–Crippen MR) is 136 cm³/mol. The lowest BCUT2D eigenvalue weighted by molar-refractivity contribution is 0.254. The Morgan fingerprint density at radius 3 is 2.59 bits per heavy atom. The highest BCUT2D eigenvalue weighted by Gasteiger charge is 2.32. The second kappa shape index (κ2) is 11.3. The maximum Gasteiger partial charge on any atom is 0.235 e. The van der Waals surface area contributed by atoms with E-state index < -0.39 is 50.3 Å². The van der Waals surface area contributed by atoms with Gasteiger partial charge in [-0.1, -0.05) is 12.8 Å². The van der Waals surface area contributed by atoms with Crippen LogP contribution in [-0.2, 0) is 10.0 Å². The van der Waals surface area contributed by atoms with Gasteiger partial charge in [0, 0.05) is 44.0 Å². The molecule has 2 fully saturated rings. The molecule has 9 nitrogen and oxygen atoms in total. The Hall–Kier alpha value is -3.52. The van der Waals surface area contributed by atoms with E-state index in [0.29, 0.717) is 44.0 Å². The number of halogens is 4. The smallest absolute Gasteiger partial charge is 0.235 e. The van der Waals surface area contributed by atoms with Gasteiger partial charge in [-0.3, -0.25) is 4.72 Å². The van der Waals surface area contributed by atoms with Gasteiger partial charge < -0.3 is 15.4 Å². The average Bonchev–Trinajstić information content (AvgIpc) is 3.47. The molecule has 3 heterocycles. The van der Waals surface area contributed by atoms with Crippen LogP contribution in [0.25, 0.3) is 11.3 Å². The number of pyridine rings is 1. The molecule has 2 aliphatic rings. The monoisotopic (exact) mass is 566 g/mol. The first-order chi connectivity index (χ1) is 18.7. The number of sulfonamides is 1. The minimum absolute atomic E-state index is 0.206. The first kappa shape index (κ1) is 27.1. The summed E-state index contributed by atoms with van der Waals surface area (Å²) in [6, 6.07) is 4.97. The van der Waals surface area contributed by atoms with Crippen LogP contribution in [-0.4, -0.2) is 53.9 Å². The Kier molecular flexibility index (Phi) is 7.84. The zero-order valence-electron chi connectivity index (χ0n) is 20.6. The molecule has 0 bridgehead atoms. The summed E-state index contributed by atoms with van der Waals surface area (Å²) in [6.45, 7) is 0.805. The molecule has 1 saturated carbocycles. The molecule has 39 heavy (non-hydrogen) atoms. The molecular formula is C25H26F4N6O3S. The normalized spacial score (nSPS) is 20.1. The lowest BCUT2D eigenvalue weighted by Gasteiger charge is -2.26. The zero-order valence-corrected chi connectivity index (χ0v) is 21.4. The molecule has 2 atom stereocenters. The van der Waals surface area contributed by atoms with Crippen LogP contribution in [0.15, 0.2) is 36.7 Å². The van der Waals surface area contributed by atoms with E-state index in [1.54, 1.807) is 12.1 Å². The molecule has 1 aliphatic carbocycles. The van der Waals surface area contributed by atoms with E-state index in [4.69, 9.17) is 4.74 Å². The molecule has 1 aromatic carbocycles. The third kappa shape index (κ3) is 6.06. The van der Waals surface area contributed by atoms with E-state index in [-0.39, 0.29) is 36.4 Å². The van der Waals surface area contributed by atoms with Crippen molar-refractivity contribution in [3.05, 3.63) is 54.1 Å². The summed E-state index contributed by atoms with van der Waals surface area (Å²) >= 11 is 0. The van der Waals surface area contributed by atoms with Crippen LogP contribution in [0.5, 0.6) is 11.6 Å². The van der Waals surface area contributed by atoms with Gasteiger partial charge in [0.2, 0.25) is 27.7 Å². The van der Waals surface area contributed by atoms with Gasteiger partial charge >= 0.3 is 0 Å². The standard InChI is InChI=1S/C25H26F4N6O3S/c26-14-10-15(13-30-12-14)33-25-32-9-7-19(34-25)17-6-3-8-31-24(17)38-20-11-18(27)23(22(29)21(20)28)35-39(36,37)16-4-1-2-5-16/h3,6-9,11,14-16,30,35H,1-2,4-5,10,12-13H2,(H,32,33,34)/t14-,15-/m0/s1. The number of alkyl halides is 1. The van der Waals surface area contributed by atoms with Crippen molar-refractivity contribution in [3.63, 3.8) is 0 Å². The van der Waals surface area contributed by atoms with Gasteiger partial charge in [0.25, 0.3) is 0 Å². The molecule has 0 spiro atoms. The summed E-state index contributed by atoms with van der Waals surface area (Å²) in [4.78, 5) is 12.6. The average molecular weight is 567 g/mol. The molecule has 208 valence electrons. The van der Waals surface area contributed by atoms with Crippen LogP contribution >= 0.6 is 0 Å². The second-order valence-electron chi connectivity index (χ2n) is 9.47. The Morgan fingerprint density at radius 2 is 1.82 bits per heavy atom. The number of nitrogens with zero attached hydrogens (tertiary/aromatic N) is 3. The molecular weight excluding hydrogens is 540 g/mol. The van der Waals surface area contributed by atoms with Crippen molar-refractivity contribution >= 4 is 21.7 Å². The van der Waals surface area contributed by atoms with Crippen LogP contribution in [0, 0.1) is 17.5 Å². The largest absolute Gasteiger partial charge is 0.435 e. The third-order valence-corrected chi connectivity index (χ3v) is 8.49. The quantitative estimate of drug-likeness (QED) is 0.269. The molecule has 0 amide bonds. The van der Waals surface area contributed by atoms with E-state index in [1.807, 2.05) is 4.72 Å². The maximum absolute atomic E-state index is 15.0. The van der Waals surface area contributed by atoms with E-state index in [1.165, 1.54) is 18.5 Å². The highest BCUT2D eigenvalue weighted by molar-refractivity contribution is 7.93. The SMILES string of the molecule is O=S(=O)(Nc1c(F)cc(Oc2ncccc2-c2ccnc(N[C@@H]3CNC[C@@H](F)C3)n2)c(F)c1F)C1CCCC1. The van der Waals surface area contributed by atoms with Crippen LogP contribution in [0.4, 0.5) is 29.2 Å². The number of hydrogen-bond acceptors (Lipinski definition) is 8. The van der Waals surface area contributed by atoms with E-state index in [9.17, 15) is 26.0 Å². The molecule has 14 heteroatoms. The first-order valence-electron chi connectivity index (χ1n) is 12.5. The molecule has 3 N–H and O–H groups in total. The van der Waals surface area contributed by atoms with Crippen molar-refractivity contribution in [1.29, 1.82) is 0 Å². The van der Waals surface area contributed by atoms with Gasteiger partial charge in [0.1, 0.15) is 11.9 Å². The minimum atomic E-state index is -4.10. The van der Waals surface area contributed by atoms with Gasteiger partial charge in [-0.05, 0) is 31.0 Å². The van der Waals surface area contributed by atoms with Crippen molar-refractivity contribution in [2.24, 2.45) is 0 Å². The van der Waals surface area contributed by atoms with Crippen molar-refractivity contribution < 1.29 is 30.7 Å². The molecule has 5 rings (SSSR count). The number of aromatic nitrogens is 3. The molecule has 3 aromatic rings. The molecule has 1 saturated heterocycles. The van der Waals surface area contributed by atoms with Crippen molar-refractivity contribution in [2.75, 3.05) is 23.1 Å². The summed E-state index contributed by atoms with van der Waals surface area (Å²) in [7, 11) is -4.10. The van der Waals surface area contributed by atoms with Crippen molar-refractivity contribution in [2.45, 2.75) is 49.6 Å². The molecule has 0 radical (unpaired) electrons. The predicted octanol–water partition coefficient (Wildman–Crippen LogP) is 4.54. The number of piperidine rings is 1. The number of hydrogen-bond donors (Lipinski definition) is 3. The Balaban J connectivity index is 1.39. The molecule has 0 unspecified atom stereocenters. The van der Waals surface area contributed by atoms with Gasteiger partial charge in [-0.2, -0.15) is 4.39 Å². The fourth-order valence-corrected chi connectivity index (χ4v) is 6.29. The van der Waals surface area contributed by atoms with Crippen LogP contribution in [0.3, 0.4) is 0 Å². The number of anilines is 2. The third-order valence-electron chi connectivity index (χ3n) is 6.65. The number of rotatable bonds is 8. The lowest BCUT2D eigenvalue weighted by Crippen LogP contribution is -2.44. The lowest BCUT2D eigenvalue weighted by atomic mass is 10.1. The van der Waals surface area contributed by atoms with Crippen LogP contribution < -0.4 is 20.1 Å². The molecule has 2 aromatic heterocycles. The number of nitrogens with one attached hydrogen (secondary N) is 3. The Labute approximate surface area is 222 Å². The van der Waals surface area contributed by atoms with E-state index >= 15 is 0 Å². The highest BCUT2D eigenvalue weighted by Crippen LogP contribution is 2.36. The van der Waals surface area contributed by atoms with Gasteiger partial charge in [0.15, 0.2) is 17.4 Å². The summed E-state index contributed by atoms with van der Waals surface area (Å²) in [5.74, 6) is -5.49. The van der Waals surface area contributed by atoms with E-state index in [2.05, 4.69) is 25.6 Å². The summed E-state index contributed by atoms with van der Waals surface area (Å²) in [6.07, 6.45) is 4.16. The van der Waals surface area contributed by atoms with Gasteiger partial charge in [0.05, 0.1) is 16.5 Å². The van der Waals surface area contributed by atoms with E-state index in [0.717, 1.165) is 0 Å². The first-order valence-corrected chi connectivity index (χ1v) is 14.0.